The minimum atomic E-state index is -0.199. The molecule has 3 aromatic heterocycles. The van der Waals surface area contributed by atoms with Crippen molar-refractivity contribution in [3.05, 3.63) is 40.2 Å². The Hall–Kier alpha value is -1.88. The van der Waals surface area contributed by atoms with E-state index < -0.39 is 0 Å². The van der Waals surface area contributed by atoms with E-state index in [0.29, 0.717) is 0 Å². The summed E-state index contributed by atoms with van der Waals surface area (Å²) in [5.41, 5.74) is 2.05. The zero-order valence-corrected chi connectivity index (χ0v) is 11.0. The highest BCUT2D eigenvalue weighted by atomic mass is 32.1. The van der Waals surface area contributed by atoms with Gasteiger partial charge in [-0.15, -0.1) is 11.3 Å². The Morgan fingerprint density at radius 2 is 2.21 bits per heavy atom. The maximum Gasteiger partial charge on any atom is 0.354 e. The molecule has 0 unspecified atom stereocenters. The quantitative estimate of drug-likeness (QED) is 0.740. The Labute approximate surface area is 113 Å². The van der Waals surface area contributed by atoms with Crippen LogP contribution in [0.5, 0.6) is 0 Å². The first kappa shape index (κ1) is 11.0. The van der Waals surface area contributed by atoms with Gasteiger partial charge in [-0.3, -0.25) is 5.10 Å². The minimum Gasteiger partial charge on any atom is -0.427 e. The van der Waals surface area contributed by atoms with Crippen molar-refractivity contribution in [1.29, 1.82) is 0 Å². The van der Waals surface area contributed by atoms with Crippen LogP contribution >= 0.6 is 11.3 Å². The third-order valence-electron chi connectivity index (χ3n) is 3.66. The zero-order chi connectivity index (χ0) is 12.8. The molecule has 1 N–H and O–H groups in total. The Morgan fingerprint density at radius 1 is 1.32 bits per heavy atom. The van der Waals surface area contributed by atoms with Crippen molar-refractivity contribution in [1.82, 2.24) is 10.2 Å². The third kappa shape index (κ3) is 1.65. The van der Waals surface area contributed by atoms with Crippen molar-refractivity contribution in [2.45, 2.75) is 25.7 Å². The lowest BCUT2D eigenvalue weighted by molar-refractivity contribution is 0.437. The predicted molar refractivity (Wildman–Crippen MR) is 74.6 cm³/mol. The number of fused-ring (bicyclic) bond motifs is 3. The highest BCUT2D eigenvalue weighted by Crippen LogP contribution is 2.36. The molecule has 0 saturated heterocycles. The van der Waals surface area contributed by atoms with Crippen LogP contribution in [0.3, 0.4) is 0 Å². The fourth-order valence-electron chi connectivity index (χ4n) is 2.73. The van der Waals surface area contributed by atoms with Gasteiger partial charge >= 0.3 is 5.63 Å². The van der Waals surface area contributed by atoms with E-state index in [-0.39, 0.29) is 5.63 Å². The predicted octanol–water partition coefficient (Wildman–Crippen LogP) is 3.12. The van der Waals surface area contributed by atoms with Gasteiger partial charge in [-0.25, -0.2) is 4.79 Å². The Morgan fingerprint density at radius 3 is 3.05 bits per heavy atom. The van der Waals surface area contributed by atoms with Crippen LogP contribution in [0.2, 0.25) is 0 Å². The second-order valence-corrected chi connectivity index (χ2v) is 5.89. The van der Waals surface area contributed by atoms with Crippen molar-refractivity contribution in [3.63, 3.8) is 0 Å². The average Bonchev–Trinajstić information content (AvgIpc) is 3.08. The number of nitrogens with zero attached hydrogens (tertiary/aromatic N) is 1. The van der Waals surface area contributed by atoms with Gasteiger partial charge in [0.25, 0.3) is 0 Å². The maximum atomic E-state index is 12.1. The summed E-state index contributed by atoms with van der Waals surface area (Å²) in [6.07, 6.45) is 7.80. The van der Waals surface area contributed by atoms with Gasteiger partial charge < -0.3 is 4.42 Å². The summed E-state index contributed by atoms with van der Waals surface area (Å²) in [5.74, 6) is 0.889. The Kier molecular flexibility index (Phi) is 2.35. The Balaban J connectivity index is 2.02. The number of aromatic amines is 1. The van der Waals surface area contributed by atoms with Crippen LogP contribution in [0, 0.1) is 0 Å². The summed E-state index contributed by atoms with van der Waals surface area (Å²) >= 11 is 1.49. The average molecular weight is 272 g/mol. The molecular formula is C14H12N2O2S. The van der Waals surface area contributed by atoms with Gasteiger partial charge in [-0.1, -0.05) is 0 Å². The van der Waals surface area contributed by atoms with Gasteiger partial charge in [0.05, 0.1) is 6.20 Å². The van der Waals surface area contributed by atoms with Crippen LogP contribution in [-0.2, 0) is 12.8 Å². The Bertz CT molecular complexity index is 799. The first-order valence-electron chi connectivity index (χ1n) is 6.40. The molecule has 0 saturated carbocycles. The molecule has 0 fully saturated rings. The second-order valence-electron chi connectivity index (χ2n) is 4.84. The van der Waals surface area contributed by atoms with Crippen molar-refractivity contribution in [2.75, 3.05) is 0 Å². The van der Waals surface area contributed by atoms with Crippen LogP contribution in [0.25, 0.3) is 20.5 Å². The molecule has 0 amide bonds. The molecule has 4 rings (SSSR count). The van der Waals surface area contributed by atoms with Crippen molar-refractivity contribution >= 4 is 21.4 Å². The number of aromatic nitrogens is 2. The number of hydrogen-bond acceptors (Lipinski definition) is 4. The van der Waals surface area contributed by atoms with E-state index in [4.69, 9.17) is 4.42 Å². The van der Waals surface area contributed by atoms with E-state index in [1.165, 1.54) is 23.3 Å². The molecule has 19 heavy (non-hydrogen) atoms. The molecule has 0 radical (unpaired) electrons. The van der Waals surface area contributed by atoms with Crippen LogP contribution in [0.15, 0.2) is 27.7 Å². The van der Waals surface area contributed by atoms with Gasteiger partial charge in [-0.05, 0) is 30.9 Å². The molecule has 0 aliphatic heterocycles. The number of nitrogens with one attached hydrogen (secondary N) is 1. The highest BCUT2D eigenvalue weighted by Gasteiger charge is 2.19. The molecule has 0 aromatic carbocycles. The second kappa shape index (κ2) is 4.06. The molecule has 0 atom stereocenters. The molecule has 3 aromatic rings. The van der Waals surface area contributed by atoms with E-state index >= 15 is 0 Å². The van der Waals surface area contributed by atoms with Crippen LogP contribution < -0.4 is 5.63 Å². The van der Waals surface area contributed by atoms with Gasteiger partial charge in [0, 0.05) is 28.4 Å². The molecule has 1 aliphatic carbocycles. The lowest BCUT2D eigenvalue weighted by Gasteiger charge is -2.13. The molecule has 1 aliphatic rings. The van der Waals surface area contributed by atoms with E-state index in [0.717, 1.165) is 45.5 Å². The summed E-state index contributed by atoms with van der Waals surface area (Å²) < 4.78 is 6.21. The number of aryl methyl sites for hydroxylation is 2. The minimum absolute atomic E-state index is 0.199. The smallest absolute Gasteiger partial charge is 0.354 e. The van der Waals surface area contributed by atoms with Crippen molar-refractivity contribution < 1.29 is 4.42 Å². The van der Waals surface area contributed by atoms with Gasteiger partial charge in [-0.2, -0.15) is 5.10 Å². The third-order valence-corrected chi connectivity index (χ3v) is 4.82. The highest BCUT2D eigenvalue weighted by molar-refractivity contribution is 7.22. The molecular weight excluding hydrogens is 260 g/mol. The molecule has 0 spiro atoms. The molecule has 3 heterocycles. The number of hydrogen-bond donors (Lipinski definition) is 1. The molecule has 5 heteroatoms. The largest absolute Gasteiger partial charge is 0.427 e. The first-order valence-corrected chi connectivity index (χ1v) is 7.22. The van der Waals surface area contributed by atoms with Crippen molar-refractivity contribution in [3.8, 4) is 10.4 Å². The van der Waals surface area contributed by atoms with E-state index in [9.17, 15) is 4.79 Å². The maximum absolute atomic E-state index is 12.1. The van der Waals surface area contributed by atoms with E-state index in [1.807, 2.05) is 6.20 Å². The fraction of sp³-hybridized carbons (Fsp3) is 0.286. The molecule has 4 nitrogen and oxygen atoms in total. The summed E-state index contributed by atoms with van der Waals surface area (Å²) in [6.45, 7) is 0. The molecule has 0 bridgehead atoms. The zero-order valence-electron chi connectivity index (χ0n) is 10.2. The summed E-state index contributed by atoms with van der Waals surface area (Å²) in [7, 11) is 0. The standard InChI is InChI=1S/C14H12N2O2S/c17-14-13-10(9-3-1-2-4-11(9)18-14)5-12(19-13)8-6-15-16-7-8/h5-7H,1-4H2,(H,15,16). The monoisotopic (exact) mass is 272 g/mol. The number of thiophene rings is 1. The lowest BCUT2D eigenvalue weighted by Crippen LogP contribution is -2.09. The fourth-order valence-corrected chi connectivity index (χ4v) is 3.77. The van der Waals surface area contributed by atoms with Crippen molar-refractivity contribution in [2.24, 2.45) is 0 Å². The normalized spacial score (nSPS) is 14.7. The van der Waals surface area contributed by atoms with E-state index in [1.54, 1.807) is 6.20 Å². The van der Waals surface area contributed by atoms with Crippen LogP contribution in [0.1, 0.15) is 24.2 Å². The lowest BCUT2D eigenvalue weighted by atomic mass is 9.95. The van der Waals surface area contributed by atoms with Gasteiger partial charge in [0.1, 0.15) is 10.5 Å². The molecule has 96 valence electrons. The number of rotatable bonds is 1. The van der Waals surface area contributed by atoms with E-state index in [2.05, 4.69) is 16.3 Å². The van der Waals surface area contributed by atoms with Crippen LogP contribution in [0.4, 0.5) is 0 Å². The first-order chi connectivity index (χ1) is 9.33. The van der Waals surface area contributed by atoms with Gasteiger partial charge in [0.15, 0.2) is 0 Å². The van der Waals surface area contributed by atoms with Crippen LogP contribution in [-0.4, -0.2) is 10.2 Å². The summed E-state index contributed by atoms with van der Waals surface area (Å²) in [4.78, 5) is 13.1. The number of H-pyrrole nitrogens is 1. The summed E-state index contributed by atoms with van der Waals surface area (Å²) in [6, 6.07) is 2.10. The van der Waals surface area contributed by atoms with Gasteiger partial charge in [0.2, 0.25) is 0 Å². The summed E-state index contributed by atoms with van der Waals surface area (Å²) in [5, 5.41) is 7.84. The SMILES string of the molecule is O=c1oc2c(c3cc(-c4cn[nH]c4)sc13)CCCC2. The topological polar surface area (TPSA) is 58.9 Å².